The topological polar surface area (TPSA) is 84.7 Å². The quantitative estimate of drug-likeness (QED) is 0.446. The molecule has 37 heavy (non-hydrogen) atoms. The fraction of sp³-hybridized carbons (Fsp3) is 0.310. The van der Waals surface area contributed by atoms with Crippen LogP contribution in [0.5, 0.6) is 5.75 Å². The Bertz CT molecular complexity index is 1200. The lowest BCUT2D eigenvalue weighted by Crippen LogP contribution is -2.43. The predicted molar refractivity (Wildman–Crippen MR) is 138 cm³/mol. The number of amides is 2. The van der Waals surface area contributed by atoms with Crippen molar-refractivity contribution in [3.05, 3.63) is 95.1 Å². The number of halogens is 2. The minimum atomic E-state index is -0.788. The number of nitrogens with one attached hydrogen (secondary N) is 1. The summed E-state index contributed by atoms with van der Waals surface area (Å²) in [5.41, 5.74) is 8.38. The molecule has 3 N–H and O–H groups in total. The number of rotatable bonds is 8. The lowest BCUT2D eigenvalue weighted by atomic mass is 9.90. The molecule has 0 radical (unpaired) electrons. The van der Waals surface area contributed by atoms with E-state index in [1.807, 2.05) is 36.4 Å². The number of nitrogens with two attached hydrogens (primary N) is 1. The fourth-order valence-electron chi connectivity index (χ4n) is 4.65. The number of methoxy groups -OCH3 is 1. The highest BCUT2D eigenvalue weighted by Crippen LogP contribution is 2.26. The summed E-state index contributed by atoms with van der Waals surface area (Å²) in [4.78, 5) is 27.5. The number of carbonyl (C=O) groups excluding carboxylic acids is 2. The smallest absolute Gasteiger partial charge is 0.254 e. The van der Waals surface area contributed by atoms with E-state index in [9.17, 15) is 18.4 Å². The molecule has 1 saturated carbocycles. The van der Waals surface area contributed by atoms with E-state index < -0.39 is 17.5 Å². The maximum atomic E-state index is 13.8. The SMILES string of the molecule is COc1ccc(CC(=O)Nc2ccc(CN(C(=O)c3cc(F)cc(F)c3)C3CCC(N)CC3)cc2)cc1. The summed E-state index contributed by atoms with van der Waals surface area (Å²) in [5, 5.41) is 2.88. The van der Waals surface area contributed by atoms with Crippen LogP contribution in [0, 0.1) is 11.6 Å². The van der Waals surface area contributed by atoms with Crippen molar-refractivity contribution in [3.63, 3.8) is 0 Å². The Morgan fingerprint density at radius 2 is 1.51 bits per heavy atom. The first-order valence-corrected chi connectivity index (χ1v) is 12.3. The van der Waals surface area contributed by atoms with Gasteiger partial charge in [-0.1, -0.05) is 24.3 Å². The van der Waals surface area contributed by atoms with Crippen molar-refractivity contribution >= 4 is 17.5 Å². The third-order valence-electron chi connectivity index (χ3n) is 6.67. The molecule has 3 aromatic carbocycles. The van der Waals surface area contributed by atoms with Gasteiger partial charge in [0.25, 0.3) is 5.91 Å². The summed E-state index contributed by atoms with van der Waals surface area (Å²) in [5.74, 6) is -1.42. The van der Waals surface area contributed by atoms with Gasteiger partial charge in [0.05, 0.1) is 13.5 Å². The molecule has 0 atom stereocenters. The largest absolute Gasteiger partial charge is 0.497 e. The van der Waals surface area contributed by atoms with E-state index in [-0.39, 0.29) is 36.5 Å². The van der Waals surface area contributed by atoms with Crippen LogP contribution in [-0.2, 0) is 17.8 Å². The van der Waals surface area contributed by atoms with Crippen LogP contribution in [0.25, 0.3) is 0 Å². The number of ether oxygens (including phenoxy) is 1. The van der Waals surface area contributed by atoms with E-state index in [0.29, 0.717) is 5.69 Å². The van der Waals surface area contributed by atoms with Crippen LogP contribution >= 0.6 is 0 Å². The van der Waals surface area contributed by atoms with E-state index in [1.165, 1.54) is 0 Å². The van der Waals surface area contributed by atoms with E-state index >= 15 is 0 Å². The molecule has 0 unspecified atom stereocenters. The number of carbonyl (C=O) groups is 2. The fourth-order valence-corrected chi connectivity index (χ4v) is 4.65. The van der Waals surface area contributed by atoms with Crippen LogP contribution in [0.2, 0.25) is 0 Å². The van der Waals surface area contributed by atoms with Gasteiger partial charge in [0.1, 0.15) is 17.4 Å². The summed E-state index contributed by atoms with van der Waals surface area (Å²) < 4.78 is 32.8. The second-order valence-electron chi connectivity index (χ2n) is 9.43. The maximum Gasteiger partial charge on any atom is 0.254 e. The third-order valence-corrected chi connectivity index (χ3v) is 6.67. The molecule has 0 aromatic heterocycles. The zero-order valence-electron chi connectivity index (χ0n) is 20.8. The summed E-state index contributed by atoms with van der Waals surface area (Å²) in [6.45, 7) is 0.275. The van der Waals surface area contributed by atoms with Gasteiger partial charge in [0.15, 0.2) is 0 Å². The number of anilines is 1. The molecular formula is C29H31F2N3O3. The van der Waals surface area contributed by atoms with Gasteiger partial charge in [-0.15, -0.1) is 0 Å². The van der Waals surface area contributed by atoms with Crippen LogP contribution in [0.1, 0.15) is 47.2 Å². The molecule has 0 heterocycles. The van der Waals surface area contributed by atoms with Crippen molar-refractivity contribution in [1.29, 1.82) is 0 Å². The zero-order chi connectivity index (χ0) is 26.4. The maximum absolute atomic E-state index is 13.8. The number of benzene rings is 3. The van der Waals surface area contributed by atoms with Gasteiger partial charge in [0, 0.05) is 35.9 Å². The van der Waals surface area contributed by atoms with E-state index in [4.69, 9.17) is 10.5 Å². The minimum Gasteiger partial charge on any atom is -0.497 e. The standard InChI is InChI=1S/C29H31F2N3O3/c1-37-27-12-4-19(5-13-27)14-28(35)33-25-8-2-20(3-9-25)18-34(26-10-6-24(32)7-11-26)29(36)21-15-22(30)17-23(31)16-21/h2-5,8-9,12-13,15-17,24,26H,6-7,10-11,14,18,32H2,1H3,(H,33,35). The molecule has 0 bridgehead atoms. The predicted octanol–water partition coefficient (Wildman–Crippen LogP) is 5.07. The second-order valence-corrected chi connectivity index (χ2v) is 9.43. The molecular weight excluding hydrogens is 476 g/mol. The molecule has 1 fully saturated rings. The van der Waals surface area contributed by atoms with Gasteiger partial charge in [-0.05, 0) is 73.2 Å². The Morgan fingerprint density at radius 1 is 0.919 bits per heavy atom. The van der Waals surface area contributed by atoms with Crippen LogP contribution in [-0.4, -0.2) is 35.9 Å². The van der Waals surface area contributed by atoms with Gasteiger partial charge in [-0.25, -0.2) is 8.78 Å². The average molecular weight is 508 g/mol. The Hall–Kier alpha value is -3.78. The Morgan fingerprint density at radius 3 is 2.11 bits per heavy atom. The van der Waals surface area contributed by atoms with Crippen LogP contribution in [0.3, 0.4) is 0 Å². The van der Waals surface area contributed by atoms with E-state index in [0.717, 1.165) is 60.8 Å². The lowest BCUT2D eigenvalue weighted by Gasteiger charge is -2.36. The van der Waals surface area contributed by atoms with Crippen molar-refractivity contribution in [3.8, 4) is 5.75 Å². The molecule has 2 amide bonds. The van der Waals surface area contributed by atoms with Crippen molar-refractivity contribution in [1.82, 2.24) is 4.90 Å². The molecule has 6 nitrogen and oxygen atoms in total. The molecule has 3 aromatic rings. The molecule has 4 rings (SSSR count). The lowest BCUT2D eigenvalue weighted by molar-refractivity contribution is -0.115. The summed E-state index contributed by atoms with van der Waals surface area (Å²) in [6, 6.07) is 17.4. The third kappa shape index (κ3) is 7.13. The van der Waals surface area contributed by atoms with Crippen LogP contribution in [0.15, 0.2) is 66.7 Å². The first kappa shape index (κ1) is 26.3. The highest BCUT2D eigenvalue weighted by atomic mass is 19.1. The van der Waals surface area contributed by atoms with Crippen LogP contribution in [0.4, 0.5) is 14.5 Å². The number of nitrogens with zero attached hydrogens (tertiary/aromatic N) is 1. The molecule has 0 saturated heterocycles. The van der Waals surface area contributed by atoms with Gasteiger partial charge in [-0.2, -0.15) is 0 Å². The first-order chi connectivity index (χ1) is 17.8. The average Bonchev–Trinajstić information content (AvgIpc) is 2.88. The highest BCUT2D eigenvalue weighted by molar-refractivity contribution is 5.94. The highest BCUT2D eigenvalue weighted by Gasteiger charge is 2.29. The Kier molecular flexibility index (Phi) is 8.50. The Labute approximate surface area is 215 Å². The normalized spacial score (nSPS) is 17.2. The second kappa shape index (κ2) is 12.0. The van der Waals surface area contributed by atoms with Gasteiger partial charge in [-0.3, -0.25) is 9.59 Å². The molecule has 0 spiro atoms. The summed E-state index contributed by atoms with van der Waals surface area (Å²) in [6.07, 6.45) is 3.24. The molecule has 8 heteroatoms. The van der Waals surface area contributed by atoms with E-state index in [1.54, 1.807) is 24.1 Å². The summed E-state index contributed by atoms with van der Waals surface area (Å²) >= 11 is 0. The van der Waals surface area contributed by atoms with Gasteiger partial charge < -0.3 is 20.7 Å². The number of hydrogen-bond donors (Lipinski definition) is 2. The van der Waals surface area contributed by atoms with Gasteiger partial charge in [0.2, 0.25) is 5.91 Å². The first-order valence-electron chi connectivity index (χ1n) is 12.3. The minimum absolute atomic E-state index is 0.0187. The van der Waals surface area contributed by atoms with Crippen molar-refractivity contribution in [2.75, 3.05) is 12.4 Å². The zero-order valence-corrected chi connectivity index (χ0v) is 20.8. The molecule has 1 aliphatic rings. The van der Waals surface area contributed by atoms with Crippen molar-refractivity contribution in [2.24, 2.45) is 5.73 Å². The molecule has 1 aliphatic carbocycles. The molecule has 0 aliphatic heterocycles. The Balaban J connectivity index is 1.44. The molecule has 194 valence electrons. The number of hydrogen-bond acceptors (Lipinski definition) is 4. The van der Waals surface area contributed by atoms with Gasteiger partial charge >= 0.3 is 0 Å². The van der Waals surface area contributed by atoms with E-state index in [2.05, 4.69) is 5.32 Å². The van der Waals surface area contributed by atoms with Crippen molar-refractivity contribution in [2.45, 2.75) is 50.7 Å². The summed E-state index contributed by atoms with van der Waals surface area (Å²) in [7, 11) is 1.59. The van der Waals surface area contributed by atoms with Crippen molar-refractivity contribution < 1.29 is 23.1 Å². The monoisotopic (exact) mass is 507 g/mol. The van der Waals surface area contributed by atoms with Crippen LogP contribution < -0.4 is 15.8 Å².